The topological polar surface area (TPSA) is 81.0 Å². The van der Waals surface area contributed by atoms with E-state index in [1.807, 2.05) is 0 Å². The summed E-state index contributed by atoms with van der Waals surface area (Å²) >= 11 is 19.0. The average Bonchev–Trinajstić information content (AvgIpc) is 2.59. The van der Waals surface area contributed by atoms with Gasteiger partial charge in [-0.25, -0.2) is 9.97 Å². The van der Waals surface area contributed by atoms with Crippen molar-refractivity contribution in [3.63, 3.8) is 0 Å². The molecule has 0 aliphatic rings. The van der Waals surface area contributed by atoms with Crippen molar-refractivity contribution in [2.24, 2.45) is 0 Å². The number of nitro groups is 1. The van der Waals surface area contributed by atoms with Gasteiger partial charge < -0.3 is 5.32 Å². The van der Waals surface area contributed by atoms with Gasteiger partial charge in [-0.1, -0.05) is 46.6 Å². The second-order valence-electron chi connectivity index (χ2n) is 4.94. The Hall–Kier alpha value is -2.06. The van der Waals surface area contributed by atoms with E-state index >= 15 is 0 Å². The van der Waals surface area contributed by atoms with Crippen LogP contribution in [0.3, 0.4) is 0 Å². The van der Waals surface area contributed by atoms with Gasteiger partial charge in [-0.3, -0.25) is 10.1 Å². The van der Waals surface area contributed by atoms with Crippen molar-refractivity contribution in [2.45, 2.75) is 9.92 Å². The zero-order valence-corrected chi connectivity index (χ0v) is 15.9. The highest BCUT2D eigenvalue weighted by Crippen LogP contribution is 2.38. The van der Waals surface area contributed by atoms with Crippen LogP contribution in [0.5, 0.6) is 0 Å². The molecule has 0 aliphatic heterocycles. The van der Waals surface area contributed by atoms with Gasteiger partial charge in [0.2, 0.25) is 5.82 Å². The molecular formula is C16H9Cl3N4O2S. The van der Waals surface area contributed by atoms with E-state index < -0.39 is 4.92 Å². The summed E-state index contributed by atoms with van der Waals surface area (Å²) in [7, 11) is 0. The highest BCUT2D eigenvalue weighted by atomic mass is 35.5. The minimum atomic E-state index is -0.537. The lowest BCUT2D eigenvalue weighted by molar-refractivity contribution is -0.387. The predicted molar refractivity (Wildman–Crippen MR) is 104 cm³/mol. The third kappa shape index (κ3) is 4.37. The van der Waals surface area contributed by atoms with E-state index in [9.17, 15) is 10.1 Å². The fraction of sp³-hybridized carbons (Fsp3) is 0. The van der Waals surface area contributed by atoms with Gasteiger partial charge >= 0.3 is 5.69 Å². The zero-order chi connectivity index (χ0) is 18.7. The van der Waals surface area contributed by atoms with Crippen molar-refractivity contribution in [1.29, 1.82) is 0 Å². The molecule has 132 valence electrons. The third-order valence-electron chi connectivity index (χ3n) is 3.18. The predicted octanol–water partition coefficient (Wildman–Crippen LogP) is 6.24. The summed E-state index contributed by atoms with van der Waals surface area (Å²) in [6, 6.07) is 11.7. The molecule has 0 atom stereocenters. The van der Waals surface area contributed by atoms with Crippen molar-refractivity contribution >= 4 is 63.8 Å². The van der Waals surface area contributed by atoms with Crippen LogP contribution >= 0.6 is 46.6 Å². The highest BCUT2D eigenvalue weighted by Gasteiger charge is 2.24. The quantitative estimate of drug-likeness (QED) is 0.295. The van der Waals surface area contributed by atoms with Crippen LogP contribution in [0.1, 0.15) is 0 Å². The second kappa shape index (κ2) is 8.09. The summed E-state index contributed by atoms with van der Waals surface area (Å²) in [5.41, 5.74) is 0.193. The maximum absolute atomic E-state index is 11.6. The number of nitrogens with zero attached hydrogens (tertiary/aromatic N) is 3. The number of anilines is 2. The summed E-state index contributed by atoms with van der Waals surface area (Å²) in [4.78, 5) is 19.9. The van der Waals surface area contributed by atoms with Crippen molar-refractivity contribution in [1.82, 2.24) is 9.97 Å². The van der Waals surface area contributed by atoms with Gasteiger partial charge in [0.25, 0.3) is 0 Å². The molecule has 0 fully saturated rings. The van der Waals surface area contributed by atoms with E-state index in [1.54, 1.807) is 36.4 Å². The van der Waals surface area contributed by atoms with Crippen molar-refractivity contribution in [3.8, 4) is 0 Å². The molecule has 2 aromatic carbocycles. The zero-order valence-electron chi connectivity index (χ0n) is 12.8. The molecule has 3 aromatic rings. The average molecular weight is 428 g/mol. The van der Waals surface area contributed by atoms with Crippen LogP contribution in [0.2, 0.25) is 15.1 Å². The summed E-state index contributed by atoms with van der Waals surface area (Å²) < 4.78 is 0. The largest absolute Gasteiger partial charge is 0.343 e. The normalized spacial score (nSPS) is 10.6. The molecule has 26 heavy (non-hydrogen) atoms. The molecular weight excluding hydrogens is 419 g/mol. The minimum Gasteiger partial charge on any atom is -0.333 e. The lowest BCUT2D eigenvalue weighted by Gasteiger charge is -2.10. The number of rotatable bonds is 5. The van der Waals surface area contributed by atoms with Crippen molar-refractivity contribution in [2.75, 3.05) is 5.32 Å². The van der Waals surface area contributed by atoms with Crippen molar-refractivity contribution in [3.05, 3.63) is 74.0 Å². The van der Waals surface area contributed by atoms with Crippen LogP contribution < -0.4 is 5.32 Å². The molecule has 1 aromatic heterocycles. The molecule has 0 radical (unpaired) electrons. The molecule has 1 N–H and O–H groups in total. The molecule has 3 rings (SSSR count). The first-order valence-corrected chi connectivity index (χ1v) is 9.04. The number of nitrogens with one attached hydrogen (secondary N) is 1. The van der Waals surface area contributed by atoms with Crippen LogP contribution in [0, 0.1) is 10.1 Å². The van der Waals surface area contributed by atoms with Gasteiger partial charge in [-0.05, 0) is 42.5 Å². The van der Waals surface area contributed by atoms with Crippen LogP contribution in [0.15, 0.2) is 58.7 Å². The van der Waals surface area contributed by atoms with E-state index in [1.165, 1.54) is 12.4 Å². The number of hydrogen-bond donors (Lipinski definition) is 1. The fourth-order valence-electron chi connectivity index (χ4n) is 2.03. The molecule has 0 amide bonds. The monoisotopic (exact) mass is 426 g/mol. The molecule has 0 saturated carbocycles. The molecule has 0 unspecified atom stereocenters. The first-order chi connectivity index (χ1) is 12.4. The van der Waals surface area contributed by atoms with E-state index in [0.717, 1.165) is 16.7 Å². The Morgan fingerprint density at radius 1 is 1.00 bits per heavy atom. The van der Waals surface area contributed by atoms with Crippen LogP contribution in [-0.2, 0) is 0 Å². The van der Waals surface area contributed by atoms with Gasteiger partial charge in [-0.15, -0.1) is 0 Å². The summed E-state index contributed by atoms with van der Waals surface area (Å²) in [5, 5.41) is 16.0. The standard InChI is InChI=1S/C16H9Cl3N4O2S/c17-9-1-4-11(5-2-9)26-16-14(23(24)25)15(20-8-21-16)22-13-6-3-10(18)7-12(13)19/h1-8H,(H,20,21,22). The summed E-state index contributed by atoms with van der Waals surface area (Å²) in [6.07, 6.45) is 1.25. The van der Waals surface area contributed by atoms with E-state index in [-0.39, 0.29) is 16.5 Å². The Balaban J connectivity index is 1.98. The molecule has 1 heterocycles. The smallest absolute Gasteiger partial charge is 0.333 e. The molecule has 0 bridgehead atoms. The van der Waals surface area contributed by atoms with Crippen LogP contribution in [-0.4, -0.2) is 14.9 Å². The van der Waals surface area contributed by atoms with E-state index in [4.69, 9.17) is 34.8 Å². The number of aromatic nitrogens is 2. The molecule has 0 aliphatic carbocycles. The maximum Gasteiger partial charge on any atom is 0.343 e. The van der Waals surface area contributed by atoms with Crippen LogP contribution in [0.25, 0.3) is 0 Å². The van der Waals surface area contributed by atoms with Gasteiger partial charge in [-0.2, -0.15) is 0 Å². The first kappa shape index (κ1) is 18.7. The summed E-state index contributed by atoms with van der Waals surface area (Å²) in [6.45, 7) is 0. The minimum absolute atomic E-state index is 0.0330. The van der Waals surface area contributed by atoms with Crippen molar-refractivity contribution < 1.29 is 4.92 Å². The Morgan fingerprint density at radius 3 is 2.35 bits per heavy atom. The Labute approximate surface area is 167 Å². The number of halogens is 3. The SMILES string of the molecule is O=[N+]([O-])c1c(Nc2ccc(Cl)cc2Cl)ncnc1Sc1ccc(Cl)cc1. The lowest BCUT2D eigenvalue weighted by atomic mass is 10.3. The van der Waals surface area contributed by atoms with Gasteiger partial charge in [0.15, 0.2) is 5.03 Å². The lowest BCUT2D eigenvalue weighted by Crippen LogP contribution is -2.03. The second-order valence-corrected chi connectivity index (χ2v) is 7.28. The fourth-order valence-corrected chi connectivity index (χ4v) is 3.47. The van der Waals surface area contributed by atoms with E-state index in [2.05, 4.69) is 15.3 Å². The first-order valence-electron chi connectivity index (χ1n) is 7.09. The molecule has 10 heteroatoms. The molecule has 0 saturated heterocycles. The van der Waals surface area contributed by atoms with Gasteiger partial charge in [0.05, 0.1) is 15.6 Å². The Kier molecular flexibility index (Phi) is 5.83. The van der Waals surface area contributed by atoms with Gasteiger partial charge in [0, 0.05) is 14.9 Å². The van der Waals surface area contributed by atoms with Crippen LogP contribution in [0.4, 0.5) is 17.2 Å². The third-order valence-corrected chi connectivity index (χ3v) is 4.98. The highest BCUT2D eigenvalue weighted by molar-refractivity contribution is 7.99. The Bertz CT molecular complexity index is 970. The summed E-state index contributed by atoms with van der Waals surface area (Å²) in [5.74, 6) is 0.0330. The number of hydrogen-bond acceptors (Lipinski definition) is 6. The Morgan fingerprint density at radius 2 is 1.69 bits per heavy atom. The number of benzene rings is 2. The van der Waals surface area contributed by atoms with E-state index in [0.29, 0.717) is 20.8 Å². The molecule has 0 spiro atoms. The molecule has 6 nitrogen and oxygen atoms in total. The maximum atomic E-state index is 11.6. The van der Waals surface area contributed by atoms with Gasteiger partial charge in [0.1, 0.15) is 6.33 Å².